The fourth-order valence-electron chi connectivity index (χ4n) is 2.31. The summed E-state index contributed by atoms with van der Waals surface area (Å²) in [5.41, 5.74) is 0.00960. The second kappa shape index (κ2) is 5.24. The fourth-order valence-corrected chi connectivity index (χ4v) is 2.31. The fraction of sp³-hybridized carbons (Fsp3) is 0.643. The average Bonchev–Trinajstić information content (AvgIpc) is 2.37. The summed E-state index contributed by atoms with van der Waals surface area (Å²) in [5.74, 6) is 0. The largest absolute Gasteiger partial charge is 0.433 e. The minimum absolute atomic E-state index is 0.109. The molecule has 1 saturated heterocycles. The SMILES string of the molecule is CC(C)(C)C1CN(c2ccc(C(F)(F)F)nc2)CCN1. The lowest BCUT2D eigenvalue weighted by atomic mass is 9.85. The molecular formula is C14H20F3N3. The van der Waals surface area contributed by atoms with Gasteiger partial charge in [0, 0.05) is 25.7 Å². The second-order valence-electron chi connectivity index (χ2n) is 6.22. The molecule has 0 amide bonds. The van der Waals surface area contributed by atoms with Gasteiger partial charge in [-0.25, -0.2) is 4.98 Å². The monoisotopic (exact) mass is 287 g/mol. The van der Waals surface area contributed by atoms with Gasteiger partial charge in [-0.15, -0.1) is 0 Å². The first kappa shape index (κ1) is 15.1. The van der Waals surface area contributed by atoms with Crippen LogP contribution in [-0.2, 0) is 6.18 Å². The maximum absolute atomic E-state index is 12.5. The quantitative estimate of drug-likeness (QED) is 0.861. The lowest BCUT2D eigenvalue weighted by molar-refractivity contribution is -0.141. The molecule has 1 aliphatic heterocycles. The van der Waals surface area contributed by atoms with Crippen LogP contribution in [0.15, 0.2) is 18.3 Å². The van der Waals surface area contributed by atoms with Gasteiger partial charge in [0.1, 0.15) is 5.69 Å². The van der Waals surface area contributed by atoms with Crippen LogP contribution in [0, 0.1) is 5.41 Å². The van der Waals surface area contributed by atoms with E-state index in [2.05, 4.69) is 36.0 Å². The molecule has 0 spiro atoms. The smallest absolute Gasteiger partial charge is 0.367 e. The van der Waals surface area contributed by atoms with E-state index in [1.165, 1.54) is 12.3 Å². The number of rotatable bonds is 1. The van der Waals surface area contributed by atoms with E-state index >= 15 is 0 Å². The molecule has 6 heteroatoms. The number of piperazine rings is 1. The number of pyridine rings is 1. The van der Waals surface area contributed by atoms with Gasteiger partial charge in [-0.2, -0.15) is 13.2 Å². The molecule has 1 fully saturated rings. The Balaban J connectivity index is 2.12. The number of nitrogens with one attached hydrogen (secondary N) is 1. The van der Waals surface area contributed by atoms with Crippen LogP contribution in [0.2, 0.25) is 0 Å². The third-order valence-corrected chi connectivity index (χ3v) is 3.62. The van der Waals surface area contributed by atoms with Crippen LogP contribution >= 0.6 is 0 Å². The van der Waals surface area contributed by atoms with Crippen LogP contribution in [0.3, 0.4) is 0 Å². The molecule has 0 saturated carbocycles. The summed E-state index contributed by atoms with van der Waals surface area (Å²) in [6, 6.07) is 2.85. The summed E-state index contributed by atoms with van der Waals surface area (Å²) >= 11 is 0. The predicted molar refractivity (Wildman–Crippen MR) is 72.7 cm³/mol. The second-order valence-corrected chi connectivity index (χ2v) is 6.22. The zero-order valence-corrected chi connectivity index (χ0v) is 12.0. The highest BCUT2D eigenvalue weighted by atomic mass is 19.4. The Bertz CT molecular complexity index is 448. The van der Waals surface area contributed by atoms with E-state index in [-0.39, 0.29) is 5.41 Å². The Morgan fingerprint density at radius 3 is 2.45 bits per heavy atom. The minimum atomic E-state index is -4.38. The molecular weight excluding hydrogens is 267 g/mol. The van der Waals surface area contributed by atoms with Crippen molar-refractivity contribution in [1.29, 1.82) is 0 Å². The van der Waals surface area contributed by atoms with Gasteiger partial charge in [0.05, 0.1) is 11.9 Å². The van der Waals surface area contributed by atoms with Gasteiger partial charge in [-0.05, 0) is 17.5 Å². The Labute approximate surface area is 117 Å². The molecule has 20 heavy (non-hydrogen) atoms. The topological polar surface area (TPSA) is 28.2 Å². The van der Waals surface area contributed by atoms with Gasteiger partial charge in [0.2, 0.25) is 0 Å². The van der Waals surface area contributed by atoms with Crippen LogP contribution < -0.4 is 10.2 Å². The maximum Gasteiger partial charge on any atom is 0.433 e. The molecule has 0 bridgehead atoms. The van der Waals surface area contributed by atoms with Crippen molar-refractivity contribution in [3.05, 3.63) is 24.0 Å². The van der Waals surface area contributed by atoms with Crippen molar-refractivity contribution in [2.45, 2.75) is 33.0 Å². The van der Waals surface area contributed by atoms with E-state index in [1.54, 1.807) is 0 Å². The van der Waals surface area contributed by atoms with E-state index in [0.29, 0.717) is 6.04 Å². The van der Waals surface area contributed by atoms with Crippen molar-refractivity contribution in [3.63, 3.8) is 0 Å². The lowest BCUT2D eigenvalue weighted by Crippen LogP contribution is -2.56. The van der Waals surface area contributed by atoms with Crippen LogP contribution in [0.25, 0.3) is 0 Å². The average molecular weight is 287 g/mol. The molecule has 0 radical (unpaired) electrons. The van der Waals surface area contributed by atoms with E-state index in [0.717, 1.165) is 31.4 Å². The van der Waals surface area contributed by atoms with Crippen molar-refractivity contribution >= 4 is 5.69 Å². The van der Waals surface area contributed by atoms with Gasteiger partial charge >= 0.3 is 6.18 Å². The molecule has 1 aromatic heterocycles. The minimum Gasteiger partial charge on any atom is -0.367 e. The number of hydrogen-bond acceptors (Lipinski definition) is 3. The van der Waals surface area contributed by atoms with Gasteiger partial charge in [0.25, 0.3) is 0 Å². The summed E-state index contributed by atoms with van der Waals surface area (Å²) in [7, 11) is 0. The number of halogens is 3. The van der Waals surface area contributed by atoms with E-state index in [9.17, 15) is 13.2 Å². The molecule has 1 N–H and O–H groups in total. The van der Waals surface area contributed by atoms with E-state index in [4.69, 9.17) is 0 Å². The molecule has 1 aliphatic rings. The van der Waals surface area contributed by atoms with Gasteiger partial charge < -0.3 is 10.2 Å². The normalized spacial score (nSPS) is 21.1. The van der Waals surface area contributed by atoms with Gasteiger partial charge in [-0.3, -0.25) is 0 Å². The Morgan fingerprint density at radius 2 is 1.95 bits per heavy atom. The zero-order chi connectivity index (χ0) is 15.0. The van der Waals surface area contributed by atoms with Gasteiger partial charge in [-0.1, -0.05) is 20.8 Å². The molecule has 0 aliphatic carbocycles. The molecule has 1 aromatic rings. The van der Waals surface area contributed by atoms with E-state index in [1.807, 2.05) is 0 Å². The molecule has 1 unspecified atom stereocenters. The zero-order valence-electron chi connectivity index (χ0n) is 12.0. The highest BCUT2D eigenvalue weighted by Gasteiger charge is 2.33. The Morgan fingerprint density at radius 1 is 1.25 bits per heavy atom. The summed E-state index contributed by atoms with van der Waals surface area (Å²) < 4.78 is 37.5. The number of alkyl halides is 3. The van der Waals surface area contributed by atoms with Crippen molar-refractivity contribution in [2.24, 2.45) is 5.41 Å². The third-order valence-electron chi connectivity index (χ3n) is 3.62. The molecule has 1 atom stereocenters. The van der Waals surface area contributed by atoms with Crippen molar-refractivity contribution in [3.8, 4) is 0 Å². The number of anilines is 1. The van der Waals surface area contributed by atoms with Crippen LogP contribution in [0.4, 0.5) is 18.9 Å². The predicted octanol–water partition coefficient (Wildman–Crippen LogP) is 2.92. The third kappa shape index (κ3) is 3.42. The van der Waals surface area contributed by atoms with Crippen LogP contribution in [-0.4, -0.2) is 30.7 Å². The highest BCUT2D eigenvalue weighted by molar-refractivity contribution is 5.45. The molecule has 112 valence electrons. The first-order chi connectivity index (χ1) is 9.18. The lowest BCUT2D eigenvalue weighted by Gasteiger charge is -2.41. The summed E-state index contributed by atoms with van der Waals surface area (Å²) in [6.45, 7) is 8.83. The van der Waals surface area contributed by atoms with Crippen LogP contribution in [0.5, 0.6) is 0 Å². The summed E-state index contributed by atoms with van der Waals surface area (Å²) in [5, 5.41) is 3.45. The first-order valence-electron chi connectivity index (χ1n) is 6.69. The Hall–Kier alpha value is -1.30. The van der Waals surface area contributed by atoms with Crippen LogP contribution in [0.1, 0.15) is 26.5 Å². The number of aromatic nitrogens is 1. The van der Waals surface area contributed by atoms with Gasteiger partial charge in [0.15, 0.2) is 0 Å². The van der Waals surface area contributed by atoms with Crippen molar-refractivity contribution < 1.29 is 13.2 Å². The van der Waals surface area contributed by atoms with Crippen molar-refractivity contribution in [2.75, 3.05) is 24.5 Å². The number of nitrogens with zero attached hydrogens (tertiary/aromatic N) is 2. The Kier molecular flexibility index (Phi) is 3.95. The molecule has 3 nitrogen and oxygen atoms in total. The summed E-state index contributed by atoms with van der Waals surface area (Å²) in [6.07, 6.45) is -3.07. The summed E-state index contributed by atoms with van der Waals surface area (Å²) in [4.78, 5) is 5.61. The number of hydrogen-bond donors (Lipinski definition) is 1. The van der Waals surface area contributed by atoms with E-state index < -0.39 is 11.9 Å². The standard InChI is InChI=1S/C14H20F3N3/c1-13(2,3)12-9-20(7-6-18-12)10-4-5-11(19-8-10)14(15,16)17/h4-5,8,12,18H,6-7,9H2,1-3H3. The molecule has 2 heterocycles. The maximum atomic E-state index is 12.5. The first-order valence-corrected chi connectivity index (χ1v) is 6.69. The molecule has 2 rings (SSSR count). The molecule has 0 aromatic carbocycles. The highest BCUT2D eigenvalue weighted by Crippen LogP contribution is 2.29. The van der Waals surface area contributed by atoms with Crippen molar-refractivity contribution in [1.82, 2.24) is 10.3 Å².